The molecule has 0 saturated heterocycles. The number of aliphatic hydroxyl groups excluding tert-OH is 1. The fourth-order valence-corrected chi connectivity index (χ4v) is 4.26. The van der Waals surface area contributed by atoms with E-state index < -0.39 is 0 Å². The van der Waals surface area contributed by atoms with Gasteiger partial charge in [-0.1, -0.05) is 20.8 Å². The first-order valence-electron chi connectivity index (χ1n) is 11.7. The summed E-state index contributed by atoms with van der Waals surface area (Å²) < 4.78 is 7.13. The van der Waals surface area contributed by atoms with Gasteiger partial charge in [-0.15, -0.1) is 0 Å². The zero-order valence-corrected chi connectivity index (χ0v) is 20.1. The third-order valence-electron chi connectivity index (χ3n) is 6.40. The molecule has 7 nitrogen and oxygen atoms in total. The number of imidazole rings is 1. The summed E-state index contributed by atoms with van der Waals surface area (Å²) >= 11 is 0. The number of aliphatic hydroxyl groups is 1. The highest BCUT2D eigenvalue weighted by Gasteiger charge is 2.30. The summed E-state index contributed by atoms with van der Waals surface area (Å²) in [6.07, 6.45) is 3.12. The van der Waals surface area contributed by atoms with Crippen molar-refractivity contribution in [2.24, 2.45) is 11.3 Å². The van der Waals surface area contributed by atoms with E-state index in [-0.39, 0.29) is 35.7 Å². The van der Waals surface area contributed by atoms with Crippen molar-refractivity contribution in [3.8, 4) is 5.75 Å². The molecule has 1 saturated carbocycles. The highest BCUT2D eigenvalue weighted by Crippen LogP contribution is 2.30. The van der Waals surface area contributed by atoms with Crippen molar-refractivity contribution in [1.82, 2.24) is 14.5 Å². The molecule has 1 amide bonds. The number of likely N-dealkylation sites (N-methyl/N-ethyl adjacent to an activating group) is 1. The van der Waals surface area contributed by atoms with Crippen molar-refractivity contribution in [1.29, 1.82) is 0 Å². The maximum atomic E-state index is 13.4. The Morgan fingerprint density at radius 2 is 1.91 bits per heavy atom. The highest BCUT2D eigenvalue weighted by atomic mass is 16.5. The average Bonchev–Trinajstić information content (AvgIpc) is 3.10. The molecule has 0 unspecified atom stereocenters. The lowest BCUT2D eigenvalue weighted by Crippen LogP contribution is -2.36. The van der Waals surface area contributed by atoms with Crippen LogP contribution in [0.25, 0.3) is 11.0 Å². The SMILES string of the molecule is CCN(CCC(C)(C)C)C(=O)Cn1c(C(=O)C2CCC(O)CC2)nc2ccc(OC)cc21. The van der Waals surface area contributed by atoms with Crippen molar-refractivity contribution in [2.75, 3.05) is 20.2 Å². The van der Waals surface area contributed by atoms with Gasteiger partial charge in [-0.3, -0.25) is 9.59 Å². The molecule has 2 aromatic rings. The molecule has 1 heterocycles. The molecule has 7 heteroatoms. The summed E-state index contributed by atoms with van der Waals surface area (Å²) in [5, 5.41) is 9.82. The van der Waals surface area contributed by atoms with Gasteiger partial charge < -0.3 is 19.3 Å². The number of ether oxygens (including phenoxy) is 1. The number of carbonyl (C=O) groups excluding carboxylic acids is 2. The van der Waals surface area contributed by atoms with Crippen LogP contribution >= 0.6 is 0 Å². The Hall–Kier alpha value is -2.41. The number of methoxy groups -OCH3 is 1. The predicted octanol–water partition coefficient (Wildman–Crippen LogP) is 4.06. The van der Waals surface area contributed by atoms with Gasteiger partial charge in [0.15, 0.2) is 5.82 Å². The maximum Gasteiger partial charge on any atom is 0.242 e. The van der Waals surface area contributed by atoms with Gasteiger partial charge in [0, 0.05) is 25.1 Å². The first-order valence-corrected chi connectivity index (χ1v) is 11.7. The molecule has 1 aromatic heterocycles. The van der Waals surface area contributed by atoms with Gasteiger partial charge in [-0.2, -0.15) is 0 Å². The normalized spacial score (nSPS) is 19.2. The molecule has 0 aliphatic heterocycles. The smallest absolute Gasteiger partial charge is 0.242 e. The van der Waals surface area contributed by atoms with Crippen LogP contribution in [0.3, 0.4) is 0 Å². The third-order valence-corrected chi connectivity index (χ3v) is 6.40. The molecule has 0 atom stereocenters. The Kier molecular flexibility index (Phi) is 7.59. The zero-order valence-electron chi connectivity index (χ0n) is 20.1. The van der Waals surface area contributed by atoms with Crippen LogP contribution in [-0.2, 0) is 11.3 Å². The van der Waals surface area contributed by atoms with E-state index in [1.807, 2.05) is 30.0 Å². The van der Waals surface area contributed by atoms with Crippen molar-refractivity contribution >= 4 is 22.7 Å². The fraction of sp³-hybridized carbons (Fsp3) is 0.640. The van der Waals surface area contributed by atoms with Crippen LogP contribution in [0, 0.1) is 11.3 Å². The van der Waals surface area contributed by atoms with Crippen molar-refractivity contribution in [3.63, 3.8) is 0 Å². The molecule has 176 valence electrons. The molecule has 1 aliphatic carbocycles. The molecular formula is C25H37N3O4. The monoisotopic (exact) mass is 443 g/mol. The van der Waals surface area contributed by atoms with Gasteiger partial charge in [-0.25, -0.2) is 4.98 Å². The number of amides is 1. The van der Waals surface area contributed by atoms with E-state index in [2.05, 4.69) is 25.8 Å². The van der Waals surface area contributed by atoms with Gasteiger partial charge in [0.1, 0.15) is 12.3 Å². The van der Waals surface area contributed by atoms with Crippen LogP contribution in [0.5, 0.6) is 5.75 Å². The molecule has 1 aromatic carbocycles. The van der Waals surface area contributed by atoms with E-state index in [1.54, 1.807) is 11.7 Å². The summed E-state index contributed by atoms with van der Waals surface area (Å²) in [5.41, 5.74) is 1.54. The second-order valence-corrected chi connectivity index (χ2v) is 10.0. The van der Waals surface area contributed by atoms with Gasteiger partial charge in [0.25, 0.3) is 0 Å². The Bertz CT molecular complexity index is 952. The molecule has 32 heavy (non-hydrogen) atoms. The Morgan fingerprint density at radius 1 is 1.22 bits per heavy atom. The number of carbonyl (C=O) groups is 2. The second kappa shape index (κ2) is 10.0. The summed E-state index contributed by atoms with van der Waals surface area (Å²) in [5.74, 6) is 0.750. The summed E-state index contributed by atoms with van der Waals surface area (Å²) in [6.45, 7) is 9.84. The summed E-state index contributed by atoms with van der Waals surface area (Å²) in [6, 6.07) is 5.48. The number of nitrogens with zero attached hydrogens (tertiary/aromatic N) is 3. The molecule has 1 N–H and O–H groups in total. The van der Waals surface area contributed by atoms with Crippen LogP contribution in [0.1, 0.15) is 70.4 Å². The Morgan fingerprint density at radius 3 is 2.50 bits per heavy atom. The van der Waals surface area contributed by atoms with Gasteiger partial charge in [0.2, 0.25) is 11.7 Å². The number of ketones is 1. The van der Waals surface area contributed by atoms with E-state index in [9.17, 15) is 14.7 Å². The second-order valence-electron chi connectivity index (χ2n) is 10.0. The standard InChI is InChI=1S/C25H37N3O4/c1-6-27(14-13-25(2,3)4)22(30)16-28-21-15-19(32-5)11-12-20(21)26-24(28)23(31)17-7-9-18(29)10-8-17/h11-12,15,17-18,29H,6-10,13-14,16H2,1-5H3. The van der Waals surface area contributed by atoms with Crippen molar-refractivity contribution < 1.29 is 19.4 Å². The Labute approximate surface area is 190 Å². The number of fused-ring (bicyclic) bond motifs is 1. The highest BCUT2D eigenvalue weighted by molar-refractivity contribution is 5.99. The van der Waals surface area contributed by atoms with Crippen LogP contribution in [0.15, 0.2) is 18.2 Å². The minimum atomic E-state index is -0.329. The van der Waals surface area contributed by atoms with E-state index in [4.69, 9.17) is 4.74 Å². The average molecular weight is 444 g/mol. The molecule has 0 radical (unpaired) electrons. The molecule has 1 fully saturated rings. The number of Topliss-reactive ketones (excluding diaryl/α,β-unsaturated/α-hetero) is 1. The van der Waals surface area contributed by atoms with Crippen molar-refractivity contribution in [3.05, 3.63) is 24.0 Å². The molecule has 1 aliphatic rings. The van der Waals surface area contributed by atoms with Crippen LogP contribution < -0.4 is 4.74 Å². The van der Waals surface area contributed by atoms with Gasteiger partial charge in [0.05, 0.1) is 24.2 Å². The number of rotatable bonds is 8. The van der Waals surface area contributed by atoms with Gasteiger partial charge in [-0.05, 0) is 56.6 Å². The summed E-state index contributed by atoms with van der Waals surface area (Å²) in [4.78, 5) is 33.1. The topological polar surface area (TPSA) is 84.7 Å². The number of hydrogen-bond acceptors (Lipinski definition) is 5. The van der Waals surface area contributed by atoms with E-state index in [0.717, 1.165) is 11.9 Å². The van der Waals surface area contributed by atoms with Crippen LogP contribution in [0.4, 0.5) is 0 Å². The number of hydrogen-bond donors (Lipinski definition) is 1. The molecule has 0 spiro atoms. The largest absolute Gasteiger partial charge is 0.497 e. The third kappa shape index (κ3) is 5.68. The predicted molar refractivity (Wildman–Crippen MR) is 125 cm³/mol. The van der Waals surface area contributed by atoms with Gasteiger partial charge >= 0.3 is 0 Å². The number of aromatic nitrogens is 2. The molecule has 0 bridgehead atoms. The lowest BCUT2D eigenvalue weighted by Gasteiger charge is -2.27. The minimum absolute atomic E-state index is 0.0213. The molecule has 3 rings (SSSR count). The van der Waals surface area contributed by atoms with E-state index >= 15 is 0 Å². The minimum Gasteiger partial charge on any atom is -0.497 e. The number of benzene rings is 1. The van der Waals surface area contributed by atoms with Crippen LogP contribution in [-0.4, -0.2) is 57.6 Å². The first-order chi connectivity index (χ1) is 15.1. The summed E-state index contributed by atoms with van der Waals surface area (Å²) in [7, 11) is 1.59. The van der Waals surface area contributed by atoms with E-state index in [1.165, 1.54) is 0 Å². The zero-order chi connectivity index (χ0) is 23.5. The maximum absolute atomic E-state index is 13.4. The lowest BCUT2D eigenvalue weighted by atomic mass is 9.84. The Balaban J connectivity index is 1.93. The first kappa shape index (κ1) is 24.2. The molecular weight excluding hydrogens is 406 g/mol. The van der Waals surface area contributed by atoms with Crippen molar-refractivity contribution in [2.45, 2.75) is 72.4 Å². The van der Waals surface area contributed by atoms with Crippen LogP contribution in [0.2, 0.25) is 0 Å². The quantitative estimate of drug-likeness (QED) is 0.622. The lowest BCUT2D eigenvalue weighted by molar-refractivity contribution is -0.131. The fourth-order valence-electron chi connectivity index (χ4n) is 4.26. The van der Waals surface area contributed by atoms with E-state index in [0.29, 0.717) is 55.9 Å².